The van der Waals surface area contributed by atoms with Gasteiger partial charge in [-0.3, -0.25) is 9.36 Å². The van der Waals surface area contributed by atoms with Crippen molar-refractivity contribution < 1.29 is 14.3 Å². The fourth-order valence-corrected chi connectivity index (χ4v) is 3.86. The number of methoxy groups -OCH3 is 1. The van der Waals surface area contributed by atoms with E-state index >= 15 is 0 Å². The summed E-state index contributed by atoms with van der Waals surface area (Å²) in [7, 11) is 1.31. The van der Waals surface area contributed by atoms with Crippen molar-refractivity contribution in [2.45, 2.75) is 25.8 Å². The lowest BCUT2D eigenvalue weighted by Gasteiger charge is -2.28. The number of amides is 1. The largest absolute Gasteiger partial charge is 0.465 e. The molecule has 1 aromatic heterocycles. The van der Waals surface area contributed by atoms with E-state index in [2.05, 4.69) is 19.9 Å². The Bertz CT molecular complexity index is 1160. The number of nitrogens with one attached hydrogen (secondary N) is 1. The predicted molar refractivity (Wildman–Crippen MR) is 118 cm³/mol. The van der Waals surface area contributed by atoms with E-state index in [-0.39, 0.29) is 12.5 Å². The van der Waals surface area contributed by atoms with E-state index < -0.39 is 11.7 Å². The van der Waals surface area contributed by atoms with Crippen LogP contribution < -0.4 is 15.9 Å². The number of aromatic nitrogens is 2. The zero-order chi connectivity index (χ0) is 21.8. The van der Waals surface area contributed by atoms with Gasteiger partial charge in [0.05, 0.1) is 18.2 Å². The van der Waals surface area contributed by atoms with Crippen LogP contribution in [0.4, 0.5) is 11.5 Å². The summed E-state index contributed by atoms with van der Waals surface area (Å²) in [5.74, 6) is -0.114. The SMILES string of the molecule is COC(=O)c1ccc(NC(=O)Cn2c(=O)nc(N3CCCCC3)c3ccccc32)cc1. The maximum Gasteiger partial charge on any atom is 0.350 e. The summed E-state index contributed by atoms with van der Waals surface area (Å²) >= 11 is 0. The van der Waals surface area contributed by atoms with E-state index in [4.69, 9.17) is 0 Å². The first-order valence-corrected chi connectivity index (χ1v) is 10.3. The van der Waals surface area contributed by atoms with E-state index in [1.807, 2.05) is 24.3 Å². The van der Waals surface area contributed by atoms with Gasteiger partial charge in [0.15, 0.2) is 0 Å². The third-order valence-electron chi connectivity index (χ3n) is 5.42. The normalized spacial score (nSPS) is 13.8. The molecule has 3 aromatic rings. The molecular formula is C23H24N4O4. The third-order valence-corrected chi connectivity index (χ3v) is 5.42. The minimum Gasteiger partial charge on any atom is -0.465 e. The number of fused-ring (bicyclic) bond motifs is 1. The molecule has 1 fully saturated rings. The van der Waals surface area contributed by atoms with Crippen LogP contribution in [-0.2, 0) is 16.1 Å². The van der Waals surface area contributed by atoms with Crippen LogP contribution in [0, 0.1) is 0 Å². The molecule has 1 N–H and O–H groups in total. The fourth-order valence-electron chi connectivity index (χ4n) is 3.86. The van der Waals surface area contributed by atoms with Crippen molar-refractivity contribution in [3.8, 4) is 0 Å². The first-order chi connectivity index (χ1) is 15.1. The van der Waals surface area contributed by atoms with Crippen molar-refractivity contribution in [3.05, 3.63) is 64.6 Å². The molecule has 0 radical (unpaired) electrons. The average Bonchev–Trinajstić information content (AvgIpc) is 2.81. The number of anilines is 2. The third kappa shape index (κ3) is 4.42. The molecular weight excluding hydrogens is 396 g/mol. The van der Waals surface area contributed by atoms with Crippen LogP contribution in [0.2, 0.25) is 0 Å². The van der Waals surface area contributed by atoms with E-state index in [0.717, 1.165) is 31.3 Å². The molecule has 1 amide bonds. The molecule has 8 nitrogen and oxygen atoms in total. The van der Waals surface area contributed by atoms with Crippen molar-refractivity contribution in [1.29, 1.82) is 0 Å². The fraction of sp³-hybridized carbons (Fsp3) is 0.304. The van der Waals surface area contributed by atoms with Crippen molar-refractivity contribution in [2.75, 3.05) is 30.4 Å². The number of nitrogens with zero attached hydrogens (tertiary/aromatic N) is 3. The zero-order valence-electron chi connectivity index (χ0n) is 17.3. The molecule has 2 aromatic carbocycles. The van der Waals surface area contributed by atoms with Crippen LogP contribution >= 0.6 is 0 Å². The molecule has 0 bridgehead atoms. The van der Waals surface area contributed by atoms with Crippen molar-refractivity contribution in [3.63, 3.8) is 0 Å². The van der Waals surface area contributed by atoms with Gasteiger partial charge in [0, 0.05) is 24.2 Å². The lowest BCUT2D eigenvalue weighted by Crippen LogP contribution is -2.35. The summed E-state index contributed by atoms with van der Waals surface area (Å²) in [4.78, 5) is 43.5. The molecule has 0 spiro atoms. The van der Waals surface area contributed by atoms with Gasteiger partial charge in [-0.15, -0.1) is 0 Å². The molecule has 0 atom stereocenters. The van der Waals surface area contributed by atoms with Crippen molar-refractivity contribution in [1.82, 2.24) is 9.55 Å². The van der Waals surface area contributed by atoms with Gasteiger partial charge < -0.3 is 15.0 Å². The summed E-state index contributed by atoms with van der Waals surface area (Å²) in [6.07, 6.45) is 3.35. The minimum atomic E-state index is -0.449. The molecule has 160 valence electrons. The number of piperidine rings is 1. The topological polar surface area (TPSA) is 93.5 Å². The quantitative estimate of drug-likeness (QED) is 0.638. The summed E-state index contributed by atoms with van der Waals surface area (Å²) in [6, 6.07) is 13.9. The van der Waals surface area contributed by atoms with Crippen LogP contribution in [0.25, 0.3) is 10.9 Å². The second kappa shape index (κ2) is 8.99. The molecule has 2 heterocycles. The first-order valence-electron chi connectivity index (χ1n) is 10.3. The zero-order valence-corrected chi connectivity index (χ0v) is 17.3. The lowest BCUT2D eigenvalue weighted by molar-refractivity contribution is -0.116. The van der Waals surface area contributed by atoms with E-state index in [9.17, 15) is 14.4 Å². The highest BCUT2D eigenvalue weighted by Crippen LogP contribution is 2.25. The smallest absolute Gasteiger partial charge is 0.350 e. The molecule has 0 unspecified atom stereocenters. The number of rotatable bonds is 5. The average molecular weight is 420 g/mol. The summed E-state index contributed by atoms with van der Waals surface area (Å²) in [5, 5.41) is 3.62. The summed E-state index contributed by atoms with van der Waals surface area (Å²) in [6.45, 7) is 1.59. The Balaban J connectivity index is 1.58. The van der Waals surface area contributed by atoms with Crippen LogP contribution in [0.1, 0.15) is 29.6 Å². The van der Waals surface area contributed by atoms with Crippen molar-refractivity contribution in [2.24, 2.45) is 0 Å². The number of hydrogen-bond donors (Lipinski definition) is 1. The van der Waals surface area contributed by atoms with E-state index in [1.165, 1.54) is 18.1 Å². The Hall–Kier alpha value is -3.68. The van der Waals surface area contributed by atoms with E-state index in [1.54, 1.807) is 24.3 Å². The standard InChI is InChI=1S/C23H24N4O4/c1-31-22(29)16-9-11-17(12-10-16)24-20(28)15-27-19-8-4-3-7-18(19)21(25-23(27)30)26-13-5-2-6-14-26/h3-4,7-12H,2,5-6,13-15H2,1H3,(H,24,28). The summed E-state index contributed by atoms with van der Waals surface area (Å²) in [5.41, 5.74) is 1.14. The van der Waals surface area contributed by atoms with Gasteiger partial charge in [-0.05, 0) is 55.7 Å². The number of ether oxygens (including phenoxy) is 1. The molecule has 1 aliphatic rings. The second-order valence-corrected chi connectivity index (χ2v) is 7.49. The lowest BCUT2D eigenvalue weighted by atomic mass is 10.1. The summed E-state index contributed by atoms with van der Waals surface area (Å²) < 4.78 is 6.06. The van der Waals surface area contributed by atoms with E-state index in [0.29, 0.717) is 22.6 Å². The van der Waals surface area contributed by atoms with Gasteiger partial charge in [0.1, 0.15) is 12.4 Å². The van der Waals surface area contributed by atoms with Crippen LogP contribution in [-0.4, -0.2) is 41.6 Å². The molecule has 31 heavy (non-hydrogen) atoms. The molecule has 0 saturated carbocycles. The molecule has 8 heteroatoms. The highest BCUT2D eigenvalue weighted by molar-refractivity contribution is 5.95. The van der Waals surface area contributed by atoms with Crippen molar-refractivity contribution >= 4 is 34.3 Å². The number of carbonyl (C=O) groups excluding carboxylic acids is 2. The second-order valence-electron chi connectivity index (χ2n) is 7.49. The number of esters is 1. The molecule has 4 rings (SSSR count). The maximum absolute atomic E-state index is 12.8. The Kier molecular flexibility index (Phi) is 5.97. The van der Waals surface area contributed by atoms with Crippen LogP contribution in [0.3, 0.4) is 0 Å². The van der Waals surface area contributed by atoms with Gasteiger partial charge in [-0.1, -0.05) is 12.1 Å². The molecule has 0 aliphatic carbocycles. The monoisotopic (exact) mass is 420 g/mol. The highest BCUT2D eigenvalue weighted by Gasteiger charge is 2.19. The molecule has 1 saturated heterocycles. The Morgan fingerprint density at radius 2 is 1.74 bits per heavy atom. The van der Waals surface area contributed by atoms with Crippen LogP contribution in [0.15, 0.2) is 53.3 Å². The van der Waals surface area contributed by atoms with Gasteiger partial charge >= 0.3 is 11.7 Å². The van der Waals surface area contributed by atoms with Gasteiger partial charge in [-0.25, -0.2) is 9.59 Å². The minimum absolute atomic E-state index is 0.161. The number of hydrogen-bond acceptors (Lipinski definition) is 6. The predicted octanol–water partition coefficient (Wildman–Crippen LogP) is 2.81. The number of carbonyl (C=O) groups is 2. The molecule has 1 aliphatic heterocycles. The van der Waals surface area contributed by atoms with Crippen LogP contribution in [0.5, 0.6) is 0 Å². The van der Waals surface area contributed by atoms with Gasteiger partial charge in [-0.2, -0.15) is 4.98 Å². The van der Waals surface area contributed by atoms with Gasteiger partial charge in [0.2, 0.25) is 5.91 Å². The highest BCUT2D eigenvalue weighted by atomic mass is 16.5. The Morgan fingerprint density at radius 3 is 2.45 bits per heavy atom. The maximum atomic E-state index is 12.8. The van der Waals surface area contributed by atoms with Gasteiger partial charge in [0.25, 0.3) is 0 Å². The number of para-hydroxylation sites is 1. The number of benzene rings is 2. The Labute approximate surface area is 179 Å². The first kappa shape index (κ1) is 20.6. The Morgan fingerprint density at radius 1 is 1.03 bits per heavy atom.